The van der Waals surface area contributed by atoms with Crippen LogP contribution in [0, 0.1) is 0 Å². The van der Waals surface area contributed by atoms with Crippen LogP contribution in [0.25, 0.3) is 0 Å². The molecule has 23 heavy (non-hydrogen) atoms. The van der Waals surface area contributed by atoms with Gasteiger partial charge in [-0.25, -0.2) is 9.59 Å². The summed E-state index contributed by atoms with van der Waals surface area (Å²) in [6.07, 6.45) is 0.356. The van der Waals surface area contributed by atoms with Crippen molar-refractivity contribution in [3.63, 3.8) is 0 Å². The second-order valence-corrected chi connectivity index (χ2v) is 5.56. The van der Waals surface area contributed by atoms with Crippen LogP contribution in [0.1, 0.15) is 65.5 Å². The van der Waals surface area contributed by atoms with Gasteiger partial charge < -0.3 is 19.7 Å². The van der Waals surface area contributed by atoms with Crippen molar-refractivity contribution in [1.82, 2.24) is 0 Å². The zero-order chi connectivity index (χ0) is 17.2. The number of carbonyl (C=O) groups excluding carboxylic acids is 2. The summed E-state index contributed by atoms with van der Waals surface area (Å²) < 4.78 is 10.1. The fourth-order valence-corrected chi connectivity index (χ4v) is 2.83. The maximum Gasteiger partial charge on any atom is 0.363 e. The van der Waals surface area contributed by atoms with Crippen molar-refractivity contribution in [3.8, 4) is 0 Å². The zero-order valence-corrected chi connectivity index (χ0v) is 13.6. The van der Waals surface area contributed by atoms with Crippen molar-refractivity contribution in [2.75, 3.05) is 0 Å². The normalized spacial score (nSPS) is 20.1. The SMILES string of the molecule is CCCC1OC(=O)c2c(CC)ccc(c2CC)C(=O)OC1(O)O. The number of ether oxygens (including phenoxy) is 2. The van der Waals surface area contributed by atoms with Gasteiger partial charge in [0, 0.05) is 0 Å². The first-order chi connectivity index (χ1) is 10.9. The third-order valence-corrected chi connectivity index (χ3v) is 4.02. The first-order valence-corrected chi connectivity index (χ1v) is 7.89. The summed E-state index contributed by atoms with van der Waals surface area (Å²) in [6, 6.07) is 3.22. The van der Waals surface area contributed by atoms with E-state index in [9.17, 15) is 19.8 Å². The van der Waals surface area contributed by atoms with E-state index in [0.29, 0.717) is 30.4 Å². The average molecular weight is 322 g/mol. The lowest BCUT2D eigenvalue weighted by Gasteiger charge is -2.28. The molecule has 1 aromatic carbocycles. The van der Waals surface area contributed by atoms with E-state index >= 15 is 0 Å². The highest BCUT2D eigenvalue weighted by molar-refractivity contribution is 5.99. The van der Waals surface area contributed by atoms with Gasteiger partial charge in [0.25, 0.3) is 0 Å². The predicted octanol–water partition coefficient (Wildman–Crippen LogP) is 1.95. The van der Waals surface area contributed by atoms with E-state index in [4.69, 9.17) is 9.47 Å². The number of esters is 2. The van der Waals surface area contributed by atoms with E-state index in [0.717, 1.165) is 5.56 Å². The van der Waals surface area contributed by atoms with Gasteiger partial charge in [-0.1, -0.05) is 33.3 Å². The summed E-state index contributed by atoms with van der Waals surface area (Å²) in [6.45, 7) is 5.51. The van der Waals surface area contributed by atoms with Gasteiger partial charge in [-0.2, -0.15) is 0 Å². The van der Waals surface area contributed by atoms with E-state index < -0.39 is 24.0 Å². The minimum atomic E-state index is -2.85. The Morgan fingerprint density at radius 2 is 1.78 bits per heavy atom. The molecule has 2 bridgehead atoms. The molecule has 0 radical (unpaired) electrons. The Morgan fingerprint density at radius 1 is 1.09 bits per heavy atom. The van der Waals surface area contributed by atoms with Crippen molar-refractivity contribution in [2.45, 2.75) is 58.5 Å². The smallest absolute Gasteiger partial charge is 0.363 e. The van der Waals surface area contributed by atoms with Crippen LogP contribution in [0.2, 0.25) is 0 Å². The molecule has 0 aliphatic carbocycles. The van der Waals surface area contributed by atoms with Crippen molar-refractivity contribution in [2.24, 2.45) is 0 Å². The van der Waals surface area contributed by atoms with Crippen LogP contribution in [0.5, 0.6) is 0 Å². The summed E-state index contributed by atoms with van der Waals surface area (Å²) in [5.74, 6) is -4.40. The molecule has 0 fully saturated rings. The molecule has 1 aliphatic heterocycles. The number of benzene rings is 1. The second-order valence-electron chi connectivity index (χ2n) is 5.56. The minimum Gasteiger partial charge on any atom is -0.449 e. The minimum absolute atomic E-state index is 0.154. The van der Waals surface area contributed by atoms with Crippen molar-refractivity contribution in [1.29, 1.82) is 0 Å². The van der Waals surface area contributed by atoms with Gasteiger partial charge in [-0.05, 0) is 36.5 Å². The molecule has 6 nitrogen and oxygen atoms in total. The first kappa shape index (κ1) is 17.4. The molecule has 0 aromatic heterocycles. The van der Waals surface area contributed by atoms with Crippen molar-refractivity contribution in [3.05, 3.63) is 34.4 Å². The van der Waals surface area contributed by atoms with E-state index in [2.05, 4.69) is 0 Å². The largest absolute Gasteiger partial charge is 0.449 e. The number of hydrogen-bond acceptors (Lipinski definition) is 6. The maximum atomic E-state index is 12.6. The Bertz CT molecular complexity index is 620. The summed E-state index contributed by atoms with van der Waals surface area (Å²) in [5.41, 5.74) is 1.74. The molecule has 0 saturated heterocycles. The number of aliphatic hydroxyl groups is 2. The second kappa shape index (κ2) is 6.68. The monoisotopic (exact) mass is 322 g/mol. The summed E-state index contributed by atoms with van der Waals surface area (Å²) >= 11 is 0. The van der Waals surface area contributed by atoms with Gasteiger partial charge in [0.2, 0.25) is 0 Å². The van der Waals surface area contributed by atoms with E-state index in [1.165, 1.54) is 0 Å². The lowest BCUT2D eigenvalue weighted by Crippen LogP contribution is -2.48. The lowest BCUT2D eigenvalue weighted by molar-refractivity contribution is -0.349. The van der Waals surface area contributed by atoms with E-state index in [1.54, 1.807) is 19.1 Å². The molecule has 2 N–H and O–H groups in total. The third-order valence-electron chi connectivity index (χ3n) is 4.02. The molecule has 0 saturated carbocycles. The quantitative estimate of drug-likeness (QED) is 0.650. The molecular formula is C17H22O6. The van der Waals surface area contributed by atoms with E-state index in [-0.39, 0.29) is 12.0 Å². The topological polar surface area (TPSA) is 93.1 Å². The Morgan fingerprint density at radius 3 is 2.35 bits per heavy atom. The van der Waals surface area contributed by atoms with Gasteiger partial charge in [-0.3, -0.25) is 0 Å². The first-order valence-electron chi connectivity index (χ1n) is 7.89. The molecule has 1 heterocycles. The lowest BCUT2D eigenvalue weighted by atomic mass is 9.93. The average Bonchev–Trinajstić information content (AvgIpc) is 2.52. The fraction of sp³-hybridized carbons (Fsp3) is 0.529. The number of carbonyl (C=O) groups is 2. The number of rotatable bonds is 4. The summed E-state index contributed by atoms with van der Waals surface area (Å²) in [5, 5.41) is 20.1. The standard InChI is InChI=1S/C17H22O6/c1-4-7-13-17(20,21)23-15(18)12-9-8-10(5-2)14(11(12)6-3)16(19)22-13/h8-9,13,20-21H,4-7H2,1-3H3. The van der Waals surface area contributed by atoms with Gasteiger partial charge in [-0.15, -0.1) is 0 Å². The van der Waals surface area contributed by atoms with Gasteiger partial charge >= 0.3 is 17.9 Å². The number of cyclic esters (lactones) is 2. The highest BCUT2D eigenvalue weighted by Crippen LogP contribution is 2.29. The Kier molecular flexibility index (Phi) is 5.06. The highest BCUT2D eigenvalue weighted by Gasteiger charge is 2.44. The molecule has 1 aromatic rings. The molecule has 126 valence electrons. The van der Waals surface area contributed by atoms with Crippen LogP contribution in [0.15, 0.2) is 12.1 Å². The summed E-state index contributed by atoms with van der Waals surface area (Å²) in [7, 11) is 0. The van der Waals surface area contributed by atoms with Crippen LogP contribution >= 0.6 is 0 Å². The molecule has 0 amide bonds. The van der Waals surface area contributed by atoms with Crippen molar-refractivity contribution >= 4 is 11.9 Å². The summed E-state index contributed by atoms with van der Waals surface area (Å²) in [4.78, 5) is 24.9. The Balaban J connectivity index is 2.64. The van der Waals surface area contributed by atoms with Gasteiger partial charge in [0.15, 0.2) is 6.10 Å². The molecule has 0 spiro atoms. The van der Waals surface area contributed by atoms with Crippen LogP contribution in [-0.4, -0.2) is 34.2 Å². The van der Waals surface area contributed by atoms with Crippen LogP contribution in [-0.2, 0) is 22.3 Å². The molecular weight excluding hydrogens is 300 g/mol. The third kappa shape index (κ3) is 3.23. The van der Waals surface area contributed by atoms with Crippen LogP contribution in [0.4, 0.5) is 0 Å². The number of hydrogen-bond donors (Lipinski definition) is 2. The molecule has 1 aliphatic rings. The van der Waals surface area contributed by atoms with Gasteiger partial charge in [0.1, 0.15) is 0 Å². The molecule has 6 heteroatoms. The van der Waals surface area contributed by atoms with Crippen molar-refractivity contribution < 1.29 is 29.3 Å². The Labute approximate surface area is 135 Å². The Hall–Kier alpha value is -1.92. The van der Waals surface area contributed by atoms with Crippen LogP contribution < -0.4 is 0 Å². The molecule has 2 rings (SSSR count). The molecule has 1 unspecified atom stereocenters. The van der Waals surface area contributed by atoms with Crippen LogP contribution in [0.3, 0.4) is 0 Å². The zero-order valence-electron chi connectivity index (χ0n) is 13.6. The van der Waals surface area contributed by atoms with E-state index in [1.807, 2.05) is 13.8 Å². The van der Waals surface area contributed by atoms with Gasteiger partial charge in [0.05, 0.1) is 11.1 Å². The number of fused-ring (bicyclic) bond motifs is 2. The maximum absolute atomic E-state index is 12.6. The predicted molar refractivity (Wildman–Crippen MR) is 81.9 cm³/mol. The fourth-order valence-electron chi connectivity index (χ4n) is 2.83. The number of aryl methyl sites for hydroxylation is 1. The highest BCUT2D eigenvalue weighted by atomic mass is 16.8. The molecule has 1 atom stereocenters.